The first-order valence-electron chi connectivity index (χ1n) is 10.1. The van der Waals surface area contributed by atoms with Crippen LogP contribution in [0.3, 0.4) is 0 Å². The number of benzene rings is 2. The van der Waals surface area contributed by atoms with Gasteiger partial charge in [0, 0.05) is 18.0 Å². The molecule has 0 saturated heterocycles. The second-order valence-electron chi connectivity index (χ2n) is 7.88. The molecule has 0 unspecified atom stereocenters. The van der Waals surface area contributed by atoms with E-state index in [0.29, 0.717) is 23.7 Å². The second-order valence-corrected chi connectivity index (χ2v) is 7.88. The third kappa shape index (κ3) is 3.28. The van der Waals surface area contributed by atoms with Crippen molar-refractivity contribution in [1.29, 1.82) is 5.26 Å². The molecule has 31 heavy (non-hydrogen) atoms. The molecular formula is C24H20N6O. The molecule has 5 aromatic rings. The zero-order chi connectivity index (χ0) is 21.5. The van der Waals surface area contributed by atoms with Gasteiger partial charge in [0.05, 0.1) is 23.9 Å². The molecular weight excluding hydrogens is 388 g/mol. The van der Waals surface area contributed by atoms with E-state index in [9.17, 15) is 4.79 Å². The van der Waals surface area contributed by atoms with E-state index < -0.39 is 0 Å². The standard InChI is InChI=1S/C24H20N6O/c1-16(2)19-6-8-20(9-7-19)21-13-22-23-27-30(15-18-5-3-4-17(12-18)14-25)24(31)28(23)10-11-29(22)26-21/h3-13,16H,15H2,1-2H3. The van der Waals surface area contributed by atoms with E-state index in [0.717, 1.165) is 22.3 Å². The molecule has 3 heterocycles. The largest absolute Gasteiger partial charge is 0.350 e. The number of aromatic nitrogens is 5. The van der Waals surface area contributed by atoms with E-state index in [4.69, 9.17) is 5.26 Å². The average Bonchev–Trinajstić information content (AvgIpc) is 3.35. The van der Waals surface area contributed by atoms with Crippen LogP contribution >= 0.6 is 0 Å². The third-order valence-electron chi connectivity index (χ3n) is 5.45. The average molecular weight is 408 g/mol. The normalized spacial score (nSPS) is 11.4. The van der Waals surface area contributed by atoms with Gasteiger partial charge in [-0.05, 0) is 35.2 Å². The molecule has 7 heteroatoms. The summed E-state index contributed by atoms with van der Waals surface area (Å²) in [4.78, 5) is 12.9. The van der Waals surface area contributed by atoms with Crippen molar-refractivity contribution in [1.82, 2.24) is 23.8 Å². The molecule has 0 N–H and O–H groups in total. The van der Waals surface area contributed by atoms with Crippen molar-refractivity contribution in [2.45, 2.75) is 26.3 Å². The summed E-state index contributed by atoms with van der Waals surface area (Å²) in [6, 6.07) is 19.6. The van der Waals surface area contributed by atoms with E-state index in [1.54, 1.807) is 35.1 Å². The Bertz CT molecular complexity index is 1510. The zero-order valence-electron chi connectivity index (χ0n) is 17.2. The van der Waals surface area contributed by atoms with Crippen LogP contribution in [0.4, 0.5) is 0 Å². The van der Waals surface area contributed by atoms with Gasteiger partial charge in [-0.3, -0.25) is 0 Å². The molecule has 0 aliphatic carbocycles. The fraction of sp³-hybridized carbons (Fsp3) is 0.167. The Morgan fingerprint density at radius 3 is 2.58 bits per heavy atom. The Labute approximate surface area is 178 Å². The smallest absolute Gasteiger partial charge is 0.247 e. The maximum absolute atomic E-state index is 12.9. The van der Waals surface area contributed by atoms with Gasteiger partial charge in [0.15, 0.2) is 5.65 Å². The summed E-state index contributed by atoms with van der Waals surface area (Å²) in [5.74, 6) is 0.472. The van der Waals surface area contributed by atoms with Crippen LogP contribution in [0.15, 0.2) is 71.8 Å². The molecule has 0 bridgehead atoms. The van der Waals surface area contributed by atoms with Crippen molar-refractivity contribution in [2.75, 3.05) is 0 Å². The Hall–Kier alpha value is -4.18. The summed E-state index contributed by atoms with van der Waals surface area (Å²) < 4.78 is 4.68. The van der Waals surface area contributed by atoms with E-state index in [1.165, 1.54) is 14.6 Å². The number of hydrogen-bond acceptors (Lipinski definition) is 4. The van der Waals surface area contributed by atoms with Crippen LogP contribution in [0.2, 0.25) is 0 Å². The van der Waals surface area contributed by atoms with E-state index in [2.05, 4.69) is 54.4 Å². The fourth-order valence-electron chi connectivity index (χ4n) is 3.73. The summed E-state index contributed by atoms with van der Waals surface area (Å²) in [5.41, 5.74) is 5.59. The lowest BCUT2D eigenvalue weighted by molar-refractivity contribution is 0.659. The Morgan fingerprint density at radius 1 is 1.03 bits per heavy atom. The Kier molecular flexibility index (Phi) is 4.41. The van der Waals surface area contributed by atoms with Crippen molar-refractivity contribution in [3.8, 4) is 17.3 Å². The van der Waals surface area contributed by atoms with Crippen LogP contribution in [0.5, 0.6) is 0 Å². The maximum atomic E-state index is 12.9. The number of rotatable bonds is 4. The van der Waals surface area contributed by atoms with Gasteiger partial charge in [-0.1, -0.05) is 50.2 Å². The SMILES string of the molecule is CC(C)c1ccc(-c2cc3c4nn(Cc5cccc(C#N)c5)c(=O)n4ccn3n2)cc1. The summed E-state index contributed by atoms with van der Waals surface area (Å²) >= 11 is 0. The second kappa shape index (κ2) is 7.26. The van der Waals surface area contributed by atoms with Crippen LogP contribution < -0.4 is 5.69 Å². The van der Waals surface area contributed by atoms with Crippen LogP contribution in [-0.2, 0) is 6.54 Å². The third-order valence-corrected chi connectivity index (χ3v) is 5.45. The van der Waals surface area contributed by atoms with E-state index >= 15 is 0 Å². The molecule has 2 aromatic carbocycles. The van der Waals surface area contributed by atoms with Gasteiger partial charge in [0.1, 0.15) is 5.52 Å². The highest BCUT2D eigenvalue weighted by Crippen LogP contribution is 2.24. The van der Waals surface area contributed by atoms with Crippen LogP contribution in [0.25, 0.3) is 22.4 Å². The highest BCUT2D eigenvalue weighted by atomic mass is 16.2. The molecule has 0 saturated carbocycles. The topological polar surface area (TPSA) is 80.4 Å². The molecule has 0 amide bonds. The lowest BCUT2D eigenvalue weighted by Gasteiger charge is -2.05. The van der Waals surface area contributed by atoms with Crippen molar-refractivity contribution in [2.24, 2.45) is 0 Å². The van der Waals surface area contributed by atoms with Crippen LogP contribution in [0, 0.1) is 11.3 Å². The predicted octanol–water partition coefficient (Wildman–Crippen LogP) is 3.85. The molecule has 0 aliphatic heterocycles. The van der Waals surface area contributed by atoms with E-state index in [1.807, 2.05) is 12.1 Å². The van der Waals surface area contributed by atoms with Gasteiger partial charge in [-0.15, -0.1) is 5.10 Å². The minimum Gasteiger partial charge on any atom is -0.247 e. The monoisotopic (exact) mass is 408 g/mol. The predicted molar refractivity (Wildman–Crippen MR) is 118 cm³/mol. The van der Waals surface area contributed by atoms with Gasteiger partial charge in [-0.2, -0.15) is 10.4 Å². The number of nitriles is 1. The Morgan fingerprint density at radius 2 is 1.84 bits per heavy atom. The number of fused-ring (bicyclic) bond motifs is 3. The molecule has 0 atom stereocenters. The molecule has 0 radical (unpaired) electrons. The van der Waals surface area contributed by atoms with Crippen molar-refractivity contribution in [3.05, 3.63) is 94.2 Å². The Balaban J connectivity index is 1.57. The van der Waals surface area contributed by atoms with Crippen molar-refractivity contribution >= 4 is 11.2 Å². The summed E-state index contributed by atoms with van der Waals surface area (Å²) in [6.45, 7) is 4.63. The lowest BCUT2D eigenvalue weighted by atomic mass is 10.0. The number of nitrogens with zero attached hydrogens (tertiary/aromatic N) is 6. The summed E-state index contributed by atoms with van der Waals surface area (Å²) in [7, 11) is 0. The van der Waals surface area contributed by atoms with E-state index in [-0.39, 0.29) is 5.69 Å². The van der Waals surface area contributed by atoms with Crippen molar-refractivity contribution in [3.63, 3.8) is 0 Å². The maximum Gasteiger partial charge on any atom is 0.350 e. The lowest BCUT2D eigenvalue weighted by Crippen LogP contribution is -2.21. The molecule has 0 aliphatic rings. The minimum atomic E-state index is -0.233. The molecule has 7 nitrogen and oxygen atoms in total. The van der Waals surface area contributed by atoms with Gasteiger partial charge in [0.2, 0.25) is 0 Å². The first kappa shape index (κ1) is 18.8. The van der Waals surface area contributed by atoms with Crippen molar-refractivity contribution < 1.29 is 0 Å². The highest BCUT2D eigenvalue weighted by molar-refractivity contribution is 5.76. The van der Waals surface area contributed by atoms with Crippen LogP contribution in [0.1, 0.15) is 36.5 Å². The first-order valence-corrected chi connectivity index (χ1v) is 10.1. The van der Waals surface area contributed by atoms with Crippen LogP contribution in [-0.4, -0.2) is 23.8 Å². The van der Waals surface area contributed by atoms with Gasteiger partial charge >= 0.3 is 5.69 Å². The summed E-state index contributed by atoms with van der Waals surface area (Å²) in [6.07, 6.45) is 3.44. The molecule has 152 valence electrons. The zero-order valence-corrected chi connectivity index (χ0v) is 17.2. The fourth-order valence-corrected chi connectivity index (χ4v) is 3.73. The quantitative estimate of drug-likeness (QED) is 0.452. The van der Waals surface area contributed by atoms with Gasteiger partial charge in [-0.25, -0.2) is 18.4 Å². The minimum absolute atomic E-state index is 0.233. The first-order chi connectivity index (χ1) is 15.0. The molecule has 0 spiro atoms. The molecule has 5 rings (SSSR count). The highest BCUT2D eigenvalue weighted by Gasteiger charge is 2.14. The summed E-state index contributed by atoms with van der Waals surface area (Å²) in [5, 5.41) is 18.3. The molecule has 0 fully saturated rings. The molecule has 3 aromatic heterocycles. The van der Waals surface area contributed by atoms with Gasteiger partial charge < -0.3 is 0 Å². The van der Waals surface area contributed by atoms with Gasteiger partial charge in [0.25, 0.3) is 0 Å². The number of hydrogen-bond donors (Lipinski definition) is 0.